The van der Waals surface area contributed by atoms with Crippen LogP contribution < -0.4 is 5.32 Å². The second kappa shape index (κ2) is 6.23. The molecule has 2 aliphatic rings. The number of hydrogen-bond acceptors (Lipinski definition) is 3. The van der Waals surface area contributed by atoms with Crippen LogP contribution in [0.4, 0.5) is 0 Å². The van der Waals surface area contributed by atoms with E-state index in [2.05, 4.69) is 19.2 Å². The molecule has 0 bridgehead atoms. The Morgan fingerprint density at radius 3 is 2.58 bits per heavy atom. The highest BCUT2D eigenvalue weighted by molar-refractivity contribution is 5.80. The molecule has 4 nitrogen and oxygen atoms in total. The largest absolute Gasteiger partial charge is 0.480 e. The monoisotopic (exact) mass is 269 g/mol. The predicted molar refractivity (Wildman–Crippen MR) is 74.1 cm³/mol. The molecule has 110 valence electrons. The third-order valence-electron chi connectivity index (χ3n) is 4.21. The summed E-state index contributed by atoms with van der Waals surface area (Å²) in [5, 5.41) is 13.0. The lowest BCUT2D eigenvalue weighted by atomic mass is 9.94. The van der Waals surface area contributed by atoms with Crippen molar-refractivity contribution in [1.29, 1.82) is 0 Å². The van der Waals surface area contributed by atoms with Crippen molar-refractivity contribution in [2.75, 3.05) is 13.2 Å². The van der Waals surface area contributed by atoms with Crippen molar-refractivity contribution < 1.29 is 14.6 Å². The molecule has 0 aromatic heterocycles. The minimum Gasteiger partial charge on any atom is -0.480 e. The van der Waals surface area contributed by atoms with Crippen molar-refractivity contribution in [2.45, 2.75) is 64.0 Å². The van der Waals surface area contributed by atoms with E-state index >= 15 is 0 Å². The number of nitrogens with one attached hydrogen (secondary N) is 1. The summed E-state index contributed by atoms with van der Waals surface area (Å²) >= 11 is 0. The van der Waals surface area contributed by atoms with Gasteiger partial charge in [0.2, 0.25) is 0 Å². The molecule has 0 aliphatic heterocycles. The van der Waals surface area contributed by atoms with Gasteiger partial charge >= 0.3 is 5.97 Å². The number of rotatable bonds is 10. The van der Waals surface area contributed by atoms with Crippen molar-refractivity contribution in [3.8, 4) is 0 Å². The van der Waals surface area contributed by atoms with Crippen LogP contribution in [0.15, 0.2) is 0 Å². The number of ether oxygens (including phenoxy) is 1. The van der Waals surface area contributed by atoms with Crippen LogP contribution in [-0.2, 0) is 9.53 Å². The van der Waals surface area contributed by atoms with Gasteiger partial charge in [0, 0.05) is 12.6 Å². The Bertz CT molecular complexity index is 313. The van der Waals surface area contributed by atoms with E-state index in [1.807, 2.05) is 0 Å². The molecule has 0 spiro atoms. The Kier molecular flexibility index (Phi) is 4.85. The topological polar surface area (TPSA) is 58.6 Å². The first-order valence-electron chi connectivity index (χ1n) is 7.67. The van der Waals surface area contributed by atoms with Crippen molar-refractivity contribution in [2.24, 2.45) is 11.8 Å². The Labute approximate surface area is 115 Å². The maximum absolute atomic E-state index is 11.7. The molecular weight excluding hydrogens is 242 g/mol. The van der Waals surface area contributed by atoms with Gasteiger partial charge < -0.3 is 9.84 Å². The highest BCUT2D eigenvalue weighted by atomic mass is 16.5. The molecular formula is C15H27NO3. The zero-order valence-electron chi connectivity index (χ0n) is 12.2. The molecule has 19 heavy (non-hydrogen) atoms. The van der Waals surface area contributed by atoms with Gasteiger partial charge in [-0.25, -0.2) is 0 Å². The van der Waals surface area contributed by atoms with E-state index in [0.717, 1.165) is 38.5 Å². The molecule has 4 heteroatoms. The first-order valence-corrected chi connectivity index (χ1v) is 7.67. The summed E-state index contributed by atoms with van der Waals surface area (Å²) in [6, 6.07) is 0.397. The van der Waals surface area contributed by atoms with Crippen LogP contribution >= 0.6 is 0 Å². The quantitative estimate of drug-likeness (QED) is 0.639. The molecule has 0 amide bonds. The van der Waals surface area contributed by atoms with Crippen LogP contribution in [0.2, 0.25) is 0 Å². The summed E-state index contributed by atoms with van der Waals surface area (Å²) in [4.78, 5) is 11.7. The number of carboxylic acids is 1. The average Bonchev–Trinajstić information content (AvgIpc) is 3.21. The molecule has 2 fully saturated rings. The lowest BCUT2D eigenvalue weighted by Crippen LogP contribution is -2.58. The van der Waals surface area contributed by atoms with Gasteiger partial charge in [-0.05, 0) is 43.9 Å². The molecule has 0 heterocycles. The minimum absolute atomic E-state index is 0.257. The van der Waals surface area contributed by atoms with Crippen LogP contribution in [0.1, 0.15) is 52.4 Å². The first-order chi connectivity index (χ1) is 9.08. The van der Waals surface area contributed by atoms with Gasteiger partial charge in [0.1, 0.15) is 5.54 Å². The molecule has 0 aromatic carbocycles. The van der Waals surface area contributed by atoms with E-state index in [-0.39, 0.29) is 5.92 Å². The zero-order valence-corrected chi connectivity index (χ0v) is 12.2. The molecule has 2 rings (SSSR count). The lowest BCUT2D eigenvalue weighted by molar-refractivity contribution is -0.149. The summed E-state index contributed by atoms with van der Waals surface area (Å²) in [7, 11) is 0. The minimum atomic E-state index is -0.826. The summed E-state index contributed by atoms with van der Waals surface area (Å²) < 4.78 is 5.76. The molecule has 0 saturated heterocycles. The van der Waals surface area contributed by atoms with Crippen LogP contribution in [0.5, 0.6) is 0 Å². The third kappa shape index (κ3) is 3.93. The van der Waals surface area contributed by atoms with E-state index in [0.29, 0.717) is 25.2 Å². The standard InChI is InChI=1S/C15H27NO3/c1-3-4-11(2)9-19-10-15(14(17)18,12-5-6-12)16-13-7-8-13/h11-13,16H,3-10H2,1-2H3,(H,17,18). The summed E-state index contributed by atoms with van der Waals surface area (Å²) in [5.41, 5.74) is -0.826. The average molecular weight is 269 g/mol. The van der Waals surface area contributed by atoms with Gasteiger partial charge in [-0.1, -0.05) is 20.3 Å². The molecule has 0 radical (unpaired) electrons. The number of hydrogen-bond donors (Lipinski definition) is 2. The highest BCUT2D eigenvalue weighted by Crippen LogP contribution is 2.42. The maximum atomic E-state index is 11.7. The smallest absolute Gasteiger partial charge is 0.326 e. The van der Waals surface area contributed by atoms with Gasteiger partial charge in [-0.15, -0.1) is 0 Å². The van der Waals surface area contributed by atoms with E-state index < -0.39 is 11.5 Å². The highest BCUT2D eigenvalue weighted by Gasteiger charge is 2.53. The summed E-state index contributed by atoms with van der Waals surface area (Å²) in [5.74, 6) is 0.0359. The van der Waals surface area contributed by atoms with Crippen LogP contribution in [0.25, 0.3) is 0 Å². The Hall–Kier alpha value is -0.610. The van der Waals surface area contributed by atoms with Crippen molar-refractivity contribution >= 4 is 5.97 Å². The van der Waals surface area contributed by atoms with Gasteiger partial charge in [-0.3, -0.25) is 10.1 Å². The maximum Gasteiger partial charge on any atom is 0.326 e. The molecule has 2 aliphatic carbocycles. The van der Waals surface area contributed by atoms with Crippen molar-refractivity contribution in [1.82, 2.24) is 5.32 Å². The van der Waals surface area contributed by atoms with Crippen LogP contribution in [0, 0.1) is 11.8 Å². The van der Waals surface area contributed by atoms with Gasteiger partial charge in [0.25, 0.3) is 0 Å². The fourth-order valence-electron chi connectivity index (χ4n) is 2.74. The Morgan fingerprint density at radius 2 is 2.11 bits per heavy atom. The van der Waals surface area contributed by atoms with E-state index in [1.54, 1.807) is 0 Å². The van der Waals surface area contributed by atoms with Crippen LogP contribution in [0.3, 0.4) is 0 Å². The SMILES string of the molecule is CCCC(C)COCC(NC1CC1)(C(=O)O)C1CC1. The zero-order chi connectivity index (χ0) is 13.9. The molecule has 2 unspecified atom stereocenters. The molecule has 2 saturated carbocycles. The second-order valence-electron chi connectivity index (χ2n) is 6.38. The Balaban J connectivity index is 1.87. The summed E-state index contributed by atoms with van der Waals surface area (Å²) in [6.07, 6.45) is 6.53. The first kappa shape index (κ1) is 14.8. The van der Waals surface area contributed by atoms with E-state index in [4.69, 9.17) is 4.74 Å². The number of aliphatic carboxylic acids is 1. The molecule has 2 atom stereocenters. The van der Waals surface area contributed by atoms with Crippen molar-refractivity contribution in [3.63, 3.8) is 0 Å². The predicted octanol–water partition coefficient (Wildman–Crippen LogP) is 2.42. The van der Waals surface area contributed by atoms with E-state index in [1.165, 1.54) is 0 Å². The molecule has 2 N–H and O–H groups in total. The van der Waals surface area contributed by atoms with Crippen LogP contribution in [-0.4, -0.2) is 35.9 Å². The number of carboxylic acid groups (broad SMARTS) is 1. The van der Waals surface area contributed by atoms with E-state index in [9.17, 15) is 9.90 Å². The number of carbonyl (C=O) groups is 1. The van der Waals surface area contributed by atoms with Crippen molar-refractivity contribution in [3.05, 3.63) is 0 Å². The Morgan fingerprint density at radius 1 is 1.42 bits per heavy atom. The lowest BCUT2D eigenvalue weighted by Gasteiger charge is -2.31. The third-order valence-corrected chi connectivity index (χ3v) is 4.21. The fraction of sp³-hybridized carbons (Fsp3) is 0.933. The second-order valence-corrected chi connectivity index (χ2v) is 6.38. The molecule has 0 aromatic rings. The fourth-order valence-corrected chi connectivity index (χ4v) is 2.74. The van der Waals surface area contributed by atoms with Gasteiger partial charge in [0.05, 0.1) is 6.61 Å². The normalized spacial score (nSPS) is 23.9. The van der Waals surface area contributed by atoms with Gasteiger partial charge in [-0.2, -0.15) is 0 Å². The summed E-state index contributed by atoms with van der Waals surface area (Å²) in [6.45, 7) is 5.31. The van der Waals surface area contributed by atoms with Gasteiger partial charge in [0.15, 0.2) is 0 Å².